The molecule has 2 aromatic heterocycles. The first-order chi connectivity index (χ1) is 9.34. The van der Waals surface area contributed by atoms with Gasteiger partial charge < -0.3 is 10.6 Å². The predicted octanol–water partition coefficient (Wildman–Crippen LogP) is 0.601. The lowest BCUT2D eigenvalue weighted by atomic mass is 10.1. The monoisotopic (exact) mass is 259 g/mol. The summed E-state index contributed by atoms with van der Waals surface area (Å²) in [6.07, 6.45) is 10.0. The van der Waals surface area contributed by atoms with Gasteiger partial charge in [0.15, 0.2) is 0 Å². The van der Waals surface area contributed by atoms with Gasteiger partial charge in [-0.2, -0.15) is 5.10 Å². The summed E-state index contributed by atoms with van der Waals surface area (Å²) >= 11 is 0. The molecule has 100 valence electrons. The Morgan fingerprint density at radius 2 is 2.47 bits per heavy atom. The molecule has 1 atom stereocenters. The van der Waals surface area contributed by atoms with Crippen LogP contribution < -0.4 is 10.6 Å². The standard InChI is InChI=1S/C13H17N5O/c19-13(16-5-3-10-2-1-4-15-10)11-8-17-18-7-6-14-9-12(11)18/h6-10,15H,1-5H2,(H,16,19)/t10-/m0/s1. The van der Waals surface area contributed by atoms with E-state index in [1.165, 1.54) is 12.8 Å². The van der Waals surface area contributed by atoms with Crippen molar-refractivity contribution in [2.75, 3.05) is 13.1 Å². The zero-order valence-corrected chi connectivity index (χ0v) is 10.7. The van der Waals surface area contributed by atoms with Gasteiger partial charge in [0, 0.05) is 25.0 Å². The van der Waals surface area contributed by atoms with Crippen molar-refractivity contribution in [2.24, 2.45) is 0 Å². The lowest BCUT2D eigenvalue weighted by Gasteiger charge is -2.10. The van der Waals surface area contributed by atoms with Crippen molar-refractivity contribution >= 4 is 11.4 Å². The first-order valence-electron chi connectivity index (χ1n) is 6.63. The highest BCUT2D eigenvalue weighted by Gasteiger charge is 2.15. The van der Waals surface area contributed by atoms with E-state index in [0.717, 1.165) is 18.5 Å². The number of hydrogen-bond acceptors (Lipinski definition) is 4. The van der Waals surface area contributed by atoms with Crippen LogP contribution in [0.4, 0.5) is 0 Å². The highest BCUT2D eigenvalue weighted by molar-refractivity contribution is 6.00. The molecule has 1 fully saturated rings. The number of nitrogens with one attached hydrogen (secondary N) is 2. The topological polar surface area (TPSA) is 71.3 Å². The van der Waals surface area contributed by atoms with E-state index in [9.17, 15) is 4.79 Å². The fourth-order valence-electron chi connectivity index (χ4n) is 2.47. The highest BCUT2D eigenvalue weighted by atomic mass is 16.1. The molecule has 6 heteroatoms. The molecular formula is C13H17N5O. The second kappa shape index (κ2) is 5.36. The summed E-state index contributed by atoms with van der Waals surface area (Å²) in [5.41, 5.74) is 1.31. The van der Waals surface area contributed by atoms with Crippen molar-refractivity contribution in [3.05, 3.63) is 30.4 Å². The number of carbonyl (C=O) groups is 1. The number of fused-ring (bicyclic) bond motifs is 1. The van der Waals surface area contributed by atoms with Crippen molar-refractivity contribution in [1.82, 2.24) is 25.2 Å². The number of amides is 1. The van der Waals surface area contributed by atoms with Crippen LogP contribution in [0.3, 0.4) is 0 Å². The number of nitrogens with zero attached hydrogens (tertiary/aromatic N) is 3. The Kier molecular flexibility index (Phi) is 3.41. The molecule has 0 radical (unpaired) electrons. The Morgan fingerprint density at radius 3 is 3.32 bits per heavy atom. The van der Waals surface area contributed by atoms with Crippen LogP contribution in [0.5, 0.6) is 0 Å². The second-order valence-corrected chi connectivity index (χ2v) is 4.80. The van der Waals surface area contributed by atoms with Crippen molar-refractivity contribution in [2.45, 2.75) is 25.3 Å². The van der Waals surface area contributed by atoms with Crippen LogP contribution in [0.25, 0.3) is 5.52 Å². The third-order valence-corrected chi connectivity index (χ3v) is 3.51. The molecule has 1 aliphatic heterocycles. The van der Waals surface area contributed by atoms with Crippen molar-refractivity contribution < 1.29 is 4.79 Å². The maximum atomic E-state index is 12.1. The van der Waals surface area contributed by atoms with E-state index in [4.69, 9.17) is 0 Å². The molecule has 0 unspecified atom stereocenters. The molecule has 2 N–H and O–H groups in total. The average molecular weight is 259 g/mol. The van der Waals surface area contributed by atoms with Crippen LogP contribution in [-0.2, 0) is 0 Å². The number of carbonyl (C=O) groups excluding carboxylic acids is 1. The van der Waals surface area contributed by atoms with Gasteiger partial charge >= 0.3 is 0 Å². The summed E-state index contributed by atoms with van der Waals surface area (Å²) in [5, 5.41) is 10.5. The summed E-state index contributed by atoms with van der Waals surface area (Å²) in [4.78, 5) is 16.1. The summed E-state index contributed by atoms with van der Waals surface area (Å²) < 4.78 is 1.65. The van der Waals surface area contributed by atoms with Crippen molar-refractivity contribution in [3.63, 3.8) is 0 Å². The van der Waals surface area contributed by atoms with E-state index in [1.807, 2.05) is 0 Å². The van der Waals surface area contributed by atoms with E-state index in [0.29, 0.717) is 18.2 Å². The van der Waals surface area contributed by atoms with Gasteiger partial charge in [-0.15, -0.1) is 0 Å². The van der Waals surface area contributed by atoms with Gasteiger partial charge in [0.05, 0.1) is 23.5 Å². The molecule has 1 amide bonds. The smallest absolute Gasteiger partial charge is 0.255 e. The van der Waals surface area contributed by atoms with Crippen molar-refractivity contribution in [3.8, 4) is 0 Å². The molecule has 3 rings (SSSR count). The summed E-state index contributed by atoms with van der Waals surface area (Å²) in [7, 11) is 0. The highest BCUT2D eigenvalue weighted by Crippen LogP contribution is 2.10. The molecule has 0 spiro atoms. The molecule has 0 saturated carbocycles. The van der Waals surface area contributed by atoms with Crippen LogP contribution >= 0.6 is 0 Å². The minimum Gasteiger partial charge on any atom is -0.352 e. The van der Waals surface area contributed by atoms with Gasteiger partial charge in [-0.3, -0.25) is 9.78 Å². The van der Waals surface area contributed by atoms with Gasteiger partial charge in [0.1, 0.15) is 0 Å². The van der Waals surface area contributed by atoms with Crippen molar-refractivity contribution in [1.29, 1.82) is 0 Å². The lowest BCUT2D eigenvalue weighted by molar-refractivity contribution is 0.0954. The van der Waals surface area contributed by atoms with Crippen LogP contribution in [0.2, 0.25) is 0 Å². The summed E-state index contributed by atoms with van der Waals surface area (Å²) in [5.74, 6) is -0.0824. The average Bonchev–Trinajstić information content (AvgIpc) is 3.07. The minimum atomic E-state index is -0.0824. The van der Waals surface area contributed by atoms with E-state index >= 15 is 0 Å². The molecule has 2 aromatic rings. The normalized spacial score (nSPS) is 18.8. The third kappa shape index (κ3) is 2.58. The van der Waals surface area contributed by atoms with Crippen LogP contribution in [0.15, 0.2) is 24.8 Å². The van der Waals surface area contributed by atoms with Gasteiger partial charge in [-0.05, 0) is 25.8 Å². The molecule has 1 saturated heterocycles. The third-order valence-electron chi connectivity index (χ3n) is 3.51. The first kappa shape index (κ1) is 12.1. The molecule has 3 heterocycles. The molecular weight excluding hydrogens is 242 g/mol. The van der Waals surface area contributed by atoms with Gasteiger partial charge in [-0.25, -0.2) is 4.52 Å². The van der Waals surface area contributed by atoms with Crippen LogP contribution in [-0.4, -0.2) is 39.6 Å². The van der Waals surface area contributed by atoms with Gasteiger partial charge in [0.25, 0.3) is 5.91 Å². The zero-order chi connectivity index (χ0) is 13.1. The summed E-state index contributed by atoms with van der Waals surface area (Å²) in [6.45, 7) is 1.78. The number of aromatic nitrogens is 3. The lowest BCUT2D eigenvalue weighted by Crippen LogP contribution is -2.30. The maximum Gasteiger partial charge on any atom is 0.255 e. The zero-order valence-electron chi connectivity index (χ0n) is 10.7. The Morgan fingerprint density at radius 1 is 1.53 bits per heavy atom. The predicted molar refractivity (Wildman–Crippen MR) is 71.0 cm³/mol. The molecule has 0 aliphatic carbocycles. The van der Waals surface area contributed by atoms with E-state index in [-0.39, 0.29) is 5.91 Å². The van der Waals surface area contributed by atoms with E-state index in [1.54, 1.807) is 29.3 Å². The largest absolute Gasteiger partial charge is 0.352 e. The van der Waals surface area contributed by atoms with Crippen LogP contribution in [0.1, 0.15) is 29.6 Å². The Hall–Kier alpha value is -1.95. The molecule has 1 aliphatic rings. The Bertz CT molecular complexity index is 573. The van der Waals surface area contributed by atoms with E-state index in [2.05, 4.69) is 20.7 Å². The Labute approximate surface area is 111 Å². The molecule has 19 heavy (non-hydrogen) atoms. The van der Waals surface area contributed by atoms with Gasteiger partial charge in [0.2, 0.25) is 0 Å². The minimum absolute atomic E-state index is 0.0824. The fourth-order valence-corrected chi connectivity index (χ4v) is 2.47. The second-order valence-electron chi connectivity index (χ2n) is 4.80. The van der Waals surface area contributed by atoms with Gasteiger partial charge in [-0.1, -0.05) is 0 Å². The SMILES string of the molecule is O=C(NCC[C@@H]1CCCN1)c1cnn2ccncc12. The number of hydrogen-bond donors (Lipinski definition) is 2. The first-order valence-corrected chi connectivity index (χ1v) is 6.63. The molecule has 6 nitrogen and oxygen atoms in total. The van der Waals surface area contributed by atoms with Crippen LogP contribution in [0, 0.1) is 0 Å². The molecule has 0 bridgehead atoms. The molecule has 0 aromatic carbocycles. The number of rotatable bonds is 4. The Balaban J connectivity index is 1.60. The quantitative estimate of drug-likeness (QED) is 0.843. The maximum absolute atomic E-state index is 12.1. The summed E-state index contributed by atoms with van der Waals surface area (Å²) in [6, 6.07) is 0.547. The fraction of sp³-hybridized carbons (Fsp3) is 0.462. The van der Waals surface area contributed by atoms with E-state index < -0.39 is 0 Å².